The fourth-order valence-corrected chi connectivity index (χ4v) is 3.62. The Hall–Kier alpha value is -3.27. The van der Waals surface area contributed by atoms with E-state index < -0.39 is 0 Å². The minimum absolute atomic E-state index is 0.0287. The molecule has 0 saturated carbocycles. The van der Waals surface area contributed by atoms with Crippen LogP contribution in [0.25, 0.3) is 5.69 Å². The number of benzene rings is 1. The zero-order valence-corrected chi connectivity index (χ0v) is 15.8. The number of ether oxygens (including phenoxy) is 1. The number of piperazine rings is 1. The average Bonchev–Trinajstić information content (AvgIpc) is 3.46. The molecule has 0 unspecified atom stereocenters. The Balaban J connectivity index is 1.25. The second kappa shape index (κ2) is 8.17. The van der Waals surface area contributed by atoms with Gasteiger partial charge in [0.1, 0.15) is 12.1 Å². The molecule has 1 aliphatic rings. The molecule has 0 atom stereocenters. The van der Waals surface area contributed by atoms with Crippen molar-refractivity contribution >= 4 is 23.2 Å². The third-order valence-electron chi connectivity index (χ3n) is 4.46. The first kappa shape index (κ1) is 18.1. The highest BCUT2D eigenvalue weighted by molar-refractivity contribution is 7.12. The Morgan fingerprint density at radius 2 is 1.79 bits per heavy atom. The average molecular weight is 398 g/mol. The molecule has 0 radical (unpaired) electrons. The minimum Gasteiger partial charge on any atom is -0.484 e. The van der Waals surface area contributed by atoms with Gasteiger partial charge in [-0.2, -0.15) is 0 Å². The number of carbonyl (C=O) groups is 2. The van der Waals surface area contributed by atoms with E-state index in [0.717, 1.165) is 10.6 Å². The number of nitrogens with zero attached hydrogens (tertiary/aromatic N) is 6. The lowest BCUT2D eigenvalue weighted by Crippen LogP contribution is -2.51. The summed E-state index contributed by atoms with van der Waals surface area (Å²) in [6.45, 7) is 2.05. The molecular weight excluding hydrogens is 380 g/mol. The summed E-state index contributed by atoms with van der Waals surface area (Å²) in [5.74, 6) is 0.533. The van der Waals surface area contributed by atoms with Gasteiger partial charge in [0.15, 0.2) is 6.61 Å². The summed E-state index contributed by atoms with van der Waals surface area (Å²) in [4.78, 5) is 29.0. The summed E-state index contributed by atoms with van der Waals surface area (Å²) in [5, 5.41) is 12.9. The quantitative estimate of drug-likeness (QED) is 0.639. The molecule has 0 aliphatic carbocycles. The maximum absolute atomic E-state index is 12.4. The Morgan fingerprint density at radius 3 is 2.43 bits per heavy atom. The van der Waals surface area contributed by atoms with E-state index in [9.17, 15) is 9.59 Å². The highest BCUT2D eigenvalue weighted by atomic mass is 32.1. The highest BCUT2D eigenvalue weighted by Crippen LogP contribution is 2.16. The van der Waals surface area contributed by atoms with Crippen LogP contribution < -0.4 is 4.74 Å². The van der Waals surface area contributed by atoms with Crippen molar-refractivity contribution in [1.82, 2.24) is 30.0 Å². The van der Waals surface area contributed by atoms with Gasteiger partial charge < -0.3 is 14.5 Å². The molecule has 28 heavy (non-hydrogen) atoms. The fraction of sp³-hybridized carbons (Fsp3) is 0.278. The minimum atomic E-state index is -0.0900. The van der Waals surface area contributed by atoms with Crippen molar-refractivity contribution in [2.45, 2.75) is 0 Å². The van der Waals surface area contributed by atoms with Gasteiger partial charge in [-0.3, -0.25) is 9.59 Å². The third kappa shape index (κ3) is 4.01. The van der Waals surface area contributed by atoms with Crippen LogP contribution in [0.1, 0.15) is 9.67 Å². The topological polar surface area (TPSA) is 93.4 Å². The Morgan fingerprint density at radius 1 is 1.04 bits per heavy atom. The van der Waals surface area contributed by atoms with Gasteiger partial charge in [-0.1, -0.05) is 6.07 Å². The lowest BCUT2D eigenvalue weighted by molar-refractivity contribution is -0.134. The lowest BCUT2D eigenvalue weighted by Gasteiger charge is -2.34. The Kier molecular flexibility index (Phi) is 5.29. The van der Waals surface area contributed by atoms with Gasteiger partial charge in [-0.05, 0) is 46.1 Å². The van der Waals surface area contributed by atoms with E-state index in [-0.39, 0.29) is 18.4 Å². The summed E-state index contributed by atoms with van der Waals surface area (Å²) in [6.07, 6.45) is 1.50. The number of rotatable bonds is 5. The second-order valence-corrected chi connectivity index (χ2v) is 7.13. The normalized spacial score (nSPS) is 14.1. The highest BCUT2D eigenvalue weighted by Gasteiger charge is 2.25. The van der Waals surface area contributed by atoms with Gasteiger partial charge in [0.05, 0.1) is 10.6 Å². The van der Waals surface area contributed by atoms with Crippen LogP contribution in [0.5, 0.6) is 5.75 Å². The summed E-state index contributed by atoms with van der Waals surface area (Å²) >= 11 is 1.43. The molecule has 4 rings (SSSR count). The summed E-state index contributed by atoms with van der Waals surface area (Å²) in [5.41, 5.74) is 0.801. The van der Waals surface area contributed by atoms with E-state index in [2.05, 4.69) is 15.5 Å². The number of amides is 2. The molecule has 144 valence electrons. The molecule has 1 aliphatic heterocycles. The van der Waals surface area contributed by atoms with Crippen molar-refractivity contribution < 1.29 is 14.3 Å². The van der Waals surface area contributed by atoms with Crippen molar-refractivity contribution in [1.29, 1.82) is 0 Å². The standard InChI is InChI=1S/C18H18N6O3S/c25-17(12-27-15-5-3-14(4-6-15)24-13-19-20-21-24)22-7-9-23(10-8-22)18(26)16-2-1-11-28-16/h1-6,11,13H,7-10,12H2. The van der Waals surface area contributed by atoms with E-state index in [1.54, 1.807) is 21.9 Å². The third-order valence-corrected chi connectivity index (χ3v) is 5.32. The molecule has 2 amide bonds. The van der Waals surface area contributed by atoms with Crippen molar-refractivity contribution in [2.24, 2.45) is 0 Å². The smallest absolute Gasteiger partial charge is 0.264 e. The van der Waals surface area contributed by atoms with Crippen LogP contribution in [0, 0.1) is 0 Å². The van der Waals surface area contributed by atoms with E-state index in [1.165, 1.54) is 22.3 Å². The first-order chi connectivity index (χ1) is 13.7. The van der Waals surface area contributed by atoms with E-state index >= 15 is 0 Å². The van der Waals surface area contributed by atoms with Crippen molar-refractivity contribution in [3.63, 3.8) is 0 Å². The molecule has 3 aromatic rings. The number of hydrogen-bond acceptors (Lipinski definition) is 7. The SMILES string of the molecule is O=C(COc1ccc(-n2cnnn2)cc1)N1CCN(C(=O)c2cccs2)CC1. The van der Waals surface area contributed by atoms with Gasteiger partial charge in [0, 0.05) is 26.2 Å². The van der Waals surface area contributed by atoms with Gasteiger partial charge in [-0.25, -0.2) is 4.68 Å². The second-order valence-electron chi connectivity index (χ2n) is 6.19. The molecular formula is C18H18N6O3S. The zero-order valence-electron chi connectivity index (χ0n) is 15.0. The van der Waals surface area contributed by atoms with Gasteiger partial charge in [0.2, 0.25) is 0 Å². The molecule has 1 saturated heterocycles. The maximum atomic E-state index is 12.4. The van der Waals surface area contributed by atoms with Gasteiger partial charge in [0.25, 0.3) is 11.8 Å². The van der Waals surface area contributed by atoms with Crippen LogP contribution in [0.3, 0.4) is 0 Å². The Labute approximate surface area is 165 Å². The lowest BCUT2D eigenvalue weighted by atomic mass is 10.3. The molecule has 1 fully saturated rings. The zero-order chi connectivity index (χ0) is 19.3. The molecule has 0 bridgehead atoms. The molecule has 10 heteroatoms. The van der Waals surface area contributed by atoms with E-state index in [4.69, 9.17) is 4.74 Å². The number of carbonyl (C=O) groups excluding carboxylic acids is 2. The summed E-state index contributed by atoms with van der Waals surface area (Å²) in [6, 6.07) is 10.8. The van der Waals surface area contributed by atoms with Crippen LogP contribution in [-0.2, 0) is 4.79 Å². The molecule has 1 aromatic carbocycles. The van der Waals surface area contributed by atoms with Crippen molar-refractivity contribution in [3.8, 4) is 11.4 Å². The van der Waals surface area contributed by atoms with Crippen LogP contribution in [0.2, 0.25) is 0 Å². The largest absolute Gasteiger partial charge is 0.484 e. The first-order valence-corrected chi connectivity index (χ1v) is 9.65. The van der Waals surface area contributed by atoms with Crippen LogP contribution in [0.15, 0.2) is 48.1 Å². The van der Waals surface area contributed by atoms with Gasteiger partial charge >= 0.3 is 0 Å². The Bertz CT molecular complexity index is 919. The van der Waals surface area contributed by atoms with E-state index in [1.807, 2.05) is 29.6 Å². The number of aromatic nitrogens is 4. The summed E-state index contributed by atoms with van der Waals surface area (Å²) in [7, 11) is 0. The van der Waals surface area contributed by atoms with Crippen LogP contribution in [0.4, 0.5) is 0 Å². The number of thiophene rings is 1. The van der Waals surface area contributed by atoms with Crippen molar-refractivity contribution in [3.05, 3.63) is 53.0 Å². The molecule has 3 heterocycles. The van der Waals surface area contributed by atoms with Crippen molar-refractivity contribution in [2.75, 3.05) is 32.8 Å². The first-order valence-electron chi connectivity index (χ1n) is 8.77. The maximum Gasteiger partial charge on any atom is 0.264 e. The molecule has 0 spiro atoms. The molecule has 0 N–H and O–H groups in total. The van der Waals surface area contributed by atoms with Crippen LogP contribution >= 0.6 is 11.3 Å². The van der Waals surface area contributed by atoms with E-state index in [0.29, 0.717) is 31.9 Å². The predicted octanol–water partition coefficient (Wildman–Crippen LogP) is 1.09. The number of tetrazole rings is 1. The number of hydrogen-bond donors (Lipinski definition) is 0. The van der Waals surface area contributed by atoms with Gasteiger partial charge in [-0.15, -0.1) is 16.4 Å². The molecule has 9 nitrogen and oxygen atoms in total. The van der Waals surface area contributed by atoms with Crippen LogP contribution in [-0.4, -0.2) is 74.6 Å². The monoisotopic (exact) mass is 398 g/mol. The fourth-order valence-electron chi connectivity index (χ4n) is 2.93. The molecule has 2 aromatic heterocycles. The predicted molar refractivity (Wildman–Crippen MR) is 101 cm³/mol. The summed E-state index contributed by atoms with van der Waals surface area (Å²) < 4.78 is 7.13.